The Labute approximate surface area is 206 Å². The number of nitrogens with one attached hydrogen (secondary N) is 2. The Hall–Kier alpha value is -1.99. The summed E-state index contributed by atoms with van der Waals surface area (Å²) < 4.78 is 26.3. The highest BCUT2D eigenvalue weighted by molar-refractivity contribution is 7.91. The fourth-order valence-electron chi connectivity index (χ4n) is 4.80. The minimum Gasteiger partial charge on any atom is -0.374 e. The van der Waals surface area contributed by atoms with E-state index in [1.807, 2.05) is 61.5 Å². The molecule has 0 aromatic heterocycles. The van der Waals surface area contributed by atoms with Crippen LogP contribution in [0, 0.1) is 0 Å². The fourth-order valence-corrected chi connectivity index (χ4v) is 6.74. The molecule has 5 nitrogen and oxygen atoms in total. The third-order valence-electron chi connectivity index (χ3n) is 6.48. The van der Waals surface area contributed by atoms with Gasteiger partial charge in [-0.3, -0.25) is 0 Å². The molecule has 2 aliphatic rings. The van der Waals surface area contributed by atoms with Crippen LogP contribution in [0.25, 0.3) is 0 Å². The van der Waals surface area contributed by atoms with Crippen molar-refractivity contribution in [1.29, 1.82) is 0 Å². The van der Waals surface area contributed by atoms with Crippen molar-refractivity contribution in [3.63, 3.8) is 0 Å². The highest BCUT2D eigenvalue weighted by atomic mass is 35.5. The average Bonchev–Trinajstić information content (AvgIpc) is 2.78. The topological polar surface area (TPSA) is 61.4 Å². The van der Waals surface area contributed by atoms with Gasteiger partial charge < -0.3 is 15.5 Å². The zero-order chi connectivity index (χ0) is 23.6. The van der Waals surface area contributed by atoms with Crippen LogP contribution in [-0.4, -0.2) is 56.5 Å². The molecular weight excluding hydrogens is 477 g/mol. The summed E-state index contributed by atoms with van der Waals surface area (Å²) in [6.45, 7) is 5.52. The van der Waals surface area contributed by atoms with Crippen LogP contribution in [0.5, 0.6) is 0 Å². The molecule has 2 aromatic rings. The summed E-state index contributed by atoms with van der Waals surface area (Å²) >= 11 is 12.7. The van der Waals surface area contributed by atoms with Crippen molar-refractivity contribution in [2.45, 2.75) is 23.6 Å². The van der Waals surface area contributed by atoms with E-state index in [-0.39, 0.29) is 5.92 Å². The molecule has 0 radical (unpaired) electrons. The second kappa shape index (κ2) is 9.71. The normalized spacial score (nSPS) is 24.3. The molecule has 4 rings (SSSR count). The first kappa shape index (κ1) is 24.1. The monoisotopic (exact) mass is 505 g/mol. The average molecular weight is 506 g/mol. The highest BCUT2D eigenvalue weighted by Gasteiger charge is 2.48. The molecule has 33 heavy (non-hydrogen) atoms. The van der Waals surface area contributed by atoms with Crippen LogP contribution in [0.4, 0.5) is 5.69 Å². The summed E-state index contributed by atoms with van der Waals surface area (Å²) in [5, 5.41) is 7.25. The lowest BCUT2D eigenvalue weighted by Crippen LogP contribution is -2.56. The molecule has 2 aromatic carbocycles. The van der Waals surface area contributed by atoms with Gasteiger partial charge in [0.05, 0.1) is 5.54 Å². The Bertz CT molecular complexity index is 1140. The van der Waals surface area contributed by atoms with Gasteiger partial charge in [0.25, 0.3) is 0 Å². The third-order valence-corrected chi connectivity index (χ3v) is 8.38. The number of rotatable bonds is 6. The molecule has 8 heteroatoms. The largest absolute Gasteiger partial charge is 0.374 e. The lowest BCUT2D eigenvalue weighted by molar-refractivity contribution is 0.300. The second-order valence-electron chi connectivity index (χ2n) is 8.76. The molecule has 3 atom stereocenters. The summed E-state index contributed by atoms with van der Waals surface area (Å²) in [6.07, 6.45) is 7.16. The Balaban J connectivity index is 1.91. The minimum absolute atomic E-state index is 0.267. The maximum atomic E-state index is 13.1. The predicted octanol–water partition coefficient (Wildman–Crippen LogP) is 4.72. The number of hydrogen-bond acceptors (Lipinski definition) is 5. The van der Waals surface area contributed by atoms with Crippen molar-refractivity contribution in [1.82, 2.24) is 10.2 Å². The molecule has 1 aliphatic heterocycles. The standard InChI is InChI=1S/C25H29Cl2N3O2S/c1-18(19-14-20(26)16-21(27)15-19)25(29-22-6-4-3-5-7-22)17-23(30-12-10-28-11-13-30)8-9-24(25)33(2,31)32/h3-9,14-18,24,28-29H,10-13H2,1-2H3. The molecule has 1 saturated heterocycles. The summed E-state index contributed by atoms with van der Waals surface area (Å²) in [5.74, 6) is -0.267. The van der Waals surface area contributed by atoms with Crippen molar-refractivity contribution >= 4 is 38.7 Å². The molecule has 3 unspecified atom stereocenters. The number of nitrogens with zero attached hydrogens (tertiary/aromatic N) is 1. The number of anilines is 1. The molecule has 0 bridgehead atoms. The lowest BCUT2D eigenvalue weighted by Gasteiger charge is -2.46. The molecular formula is C25H29Cl2N3O2S. The summed E-state index contributed by atoms with van der Waals surface area (Å²) in [7, 11) is -3.47. The van der Waals surface area contributed by atoms with Crippen LogP contribution >= 0.6 is 23.2 Å². The SMILES string of the molecule is CC(c1cc(Cl)cc(Cl)c1)C1(Nc2ccccc2)C=C(N2CCNCC2)C=CC1S(C)(=O)=O. The maximum Gasteiger partial charge on any atom is 0.156 e. The van der Waals surface area contributed by atoms with Crippen LogP contribution in [0.15, 0.2) is 72.5 Å². The first-order valence-electron chi connectivity index (χ1n) is 11.0. The first-order valence-corrected chi connectivity index (χ1v) is 13.7. The van der Waals surface area contributed by atoms with Gasteiger partial charge in [-0.15, -0.1) is 0 Å². The summed E-state index contributed by atoms with van der Waals surface area (Å²) in [4.78, 5) is 2.30. The smallest absolute Gasteiger partial charge is 0.156 e. The van der Waals surface area contributed by atoms with Crippen molar-refractivity contribution in [3.8, 4) is 0 Å². The van der Waals surface area contributed by atoms with Crippen molar-refractivity contribution in [3.05, 3.63) is 88.1 Å². The molecule has 1 aliphatic carbocycles. The van der Waals surface area contributed by atoms with Gasteiger partial charge in [-0.05, 0) is 48.0 Å². The van der Waals surface area contributed by atoms with Crippen molar-refractivity contribution < 1.29 is 8.42 Å². The Morgan fingerprint density at radius 1 is 1.09 bits per heavy atom. The Morgan fingerprint density at radius 2 is 1.73 bits per heavy atom. The van der Waals surface area contributed by atoms with Crippen LogP contribution in [0.1, 0.15) is 18.4 Å². The number of allylic oxidation sites excluding steroid dienone is 1. The predicted molar refractivity (Wildman–Crippen MR) is 138 cm³/mol. The van der Waals surface area contributed by atoms with Crippen molar-refractivity contribution in [2.75, 3.05) is 37.8 Å². The summed E-state index contributed by atoms with van der Waals surface area (Å²) in [5.41, 5.74) is 1.77. The number of para-hydroxylation sites is 1. The van der Waals surface area contributed by atoms with Gasteiger partial charge in [0.2, 0.25) is 0 Å². The van der Waals surface area contributed by atoms with Gasteiger partial charge in [0, 0.05) is 59.8 Å². The van der Waals surface area contributed by atoms with Gasteiger partial charge >= 0.3 is 0 Å². The molecule has 0 saturated carbocycles. The van der Waals surface area contributed by atoms with E-state index in [0.717, 1.165) is 43.1 Å². The third kappa shape index (κ3) is 5.24. The van der Waals surface area contributed by atoms with E-state index in [4.69, 9.17) is 23.2 Å². The number of sulfone groups is 1. The number of benzene rings is 2. The molecule has 0 amide bonds. The van der Waals surface area contributed by atoms with Gasteiger partial charge in [-0.2, -0.15) is 0 Å². The number of halogens is 2. The quantitative estimate of drug-likeness (QED) is 0.594. The molecule has 0 spiro atoms. The zero-order valence-electron chi connectivity index (χ0n) is 18.8. The first-order chi connectivity index (χ1) is 15.7. The lowest BCUT2D eigenvalue weighted by atomic mass is 9.74. The number of hydrogen-bond donors (Lipinski definition) is 2. The van der Waals surface area contributed by atoms with E-state index >= 15 is 0 Å². The van der Waals surface area contributed by atoms with Gasteiger partial charge in [0.1, 0.15) is 5.25 Å². The molecule has 176 valence electrons. The van der Waals surface area contributed by atoms with E-state index in [1.54, 1.807) is 6.07 Å². The maximum absolute atomic E-state index is 13.1. The van der Waals surface area contributed by atoms with Gasteiger partial charge in [-0.25, -0.2) is 8.42 Å². The summed E-state index contributed by atoms with van der Waals surface area (Å²) in [6, 6.07) is 15.1. The molecule has 1 fully saturated rings. The van der Waals surface area contributed by atoms with E-state index in [1.165, 1.54) is 6.26 Å². The molecule has 1 heterocycles. The Kier molecular flexibility index (Phi) is 7.10. The van der Waals surface area contributed by atoms with Crippen LogP contribution in [0.2, 0.25) is 10.0 Å². The van der Waals surface area contributed by atoms with E-state index in [2.05, 4.69) is 21.6 Å². The van der Waals surface area contributed by atoms with E-state index in [9.17, 15) is 8.42 Å². The van der Waals surface area contributed by atoms with Crippen LogP contribution in [-0.2, 0) is 9.84 Å². The highest BCUT2D eigenvalue weighted by Crippen LogP contribution is 2.43. The van der Waals surface area contributed by atoms with E-state index < -0.39 is 20.6 Å². The van der Waals surface area contributed by atoms with E-state index in [0.29, 0.717) is 10.0 Å². The minimum atomic E-state index is -3.47. The van der Waals surface area contributed by atoms with Crippen LogP contribution < -0.4 is 10.6 Å². The van der Waals surface area contributed by atoms with Crippen LogP contribution in [0.3, 0.4) is 0 Å². The van der Waals surface area contributed by atoms with Crippen molar-refractivity contribution in [2.24, 2.45) is 0 Å². The Morgan fingerprint density at radius 3 is 2.33 bits per heavy atom. The van der Waals surface area contributed by atoms with Gasteiger partial charge in [-0.1, -0.05) is 54.4 Å². The zero-order valence-corrected chi connectivity index (χ0v) is 21.1. The van der Waals surface area contributed by atoms with Gasteiger partial charge in [0.15, 0.2) is 9.84 Å². The fraction of sp³-hybridized carbons (Fsp3) is 0.360. The molecule has 2 N–H and O–H groups in total. The second-order valence-corrected chi connectivity index (χ2v) is 11.8. The number of piperazine rings is 1.